The van der Waals surface area contributed by atoms with E-state index in [1.165, 1.54) is 0 Å². The third kappa shape index (κ3) is 3.24. The van der Waals surface area contributed by atoms with Gasteiger partial charge in [-0.1, -0.05) is 23.2 Å². The third-order valence-corrected chi connectivity index (χ3v) is 5.29. The van der Waals surface area contributed by atoms with Gasteiger partial charge in [0.15, 0.2) is 0 Å². The quantitative estimate of drug-likeness (QED) is 0.830. The van der Waals surface area contributed by atoms with Gasteiger partial charge >= 0.3 is 0 Å². The van der Waals surface area contributed by atoms with E-state index >= 15 is 0 Å². The Bertz CT molecular complexity index is 900. The average Bonchev–Trinajstić information content (AvgIpc) is 2.96. The number of aryl methyl sites for hydroxylation is 1. The number of fused-ring (bicyclic) bond motifs is 1. The van der Waals surface area contributed by atoms with Crippen molar-refractivity contribution in [3.63, 3.8) is 0 Å². The molecule has 2 aliphatic rings. The smallest absolute Gasteiger partial charge is 0.249 e. The highest BCUT2D eigenvalue weighted by Crippen LogP contribution is 2.33. The van der Waals surface area contributed by atoms with Crippen molar-refractivity contribution in [2.45, 2.75) is 25.3 Å². The molecule has 0 aromatic heterocycles. The number of halogens is 2. The number of carbonyl (C=O) groups excluding carboxylic acids is 2. The molecule has 5 nitrogen and oxygen atoms in total. The van der Waals surface area contributed by atoms with E-state index in [1.54, 1.807) is 23.1 Å². The van der Waals surface area contributed by atoms with Crippen LogP contribution in [0.25, 0.3) is 0 Å². The number of hydrogen-bond acceptors (Lipinski definition) is 3. The average molecular weight is 390 g/mol. The first-order valence-corrected chi connectivity index (χ1v) is 9.22. The Balaban J connectivity index is 1.50. The van der Waals surface area contributed by atoms with Crippen molar-refractivity contribution in [1.82, 2.24) is 0 Å². The zero-order valence-electron chi connectivity index (χ0n) is 13.9. The van der Waals surface area contributed by atoms with Gasteiger partial charge in [0.1, 0.15) is 6.04 Å². The molecule has 26 heavy (non-hydrogen) atoms. The fourth-order valence-corrected chi connectivity index (χ4v) is 3.94. The number of amides is 2. The van der Waals surface area contributed by atoms with E-state index in [2.05, 4.69) is 10.6 Å². The molecular weight excluding hydrogens is 373 g/mol. The van der Waals surface area contributed by atoms with Crippen molar-refractivity contribution < 1.29 is 9.59 Å². The maximum absolute atomic E-state index is 12.8. The van der Waals surface area contributed by atoms with Crippen LogP contribution in [0.4, 0.5) is 17.1 Å². The second-order valence-electron chi connectivity index (χ2n) is 6.49. The molecule has 2 heterocycles. The second kappa shape index (κ2) is 6.82. The lowest BCUT2D eigenvalue weighted by atomic mass is 10.0. The van der Waals surface area contributed by atoms with Gasteiger partial charge < -0.3 is 15.5 Å². The molecule has 0 bridgehead atoms. The van der Waals surface area contributed by atoms with Gasteiger partial charge in [0, 0.05) is 29.4 Å². The van der Waals surface area contributed by atoms with Crippen LogP contribution >= 0.6 is 23.2 Å². The van der Waals surface area contributed by atoms with E-state index in [9.17, 15) is 9.59 Å². The van der Waals surface area contributed by atoms with Crippen LogP contribution in [0.1, 0.15) is 18.4 Å². The van der Waals surface area contributed by atoms with Gasteiger partial charge in [0.2, 0.25) is 11.8 Å². The maximum Gasteiger partial charge on any atom is 0.249 e. The molecule has 1 saturated heterocycles. The van der Waals surface area contributed by atoms with E-state index in [0.29, 0.717) is 41.5 Å². The molecule has 2 aromatic rings. The monoisotopic (exact) mass is 389 g/mol. The van der Waals surface area contributed by atoms with Crippen molar-refractivity contribution in [2.24, 2.45) is 0 Å². The van der Waals surface area contributed by atoms with Crippen molar-refractivity contribution in [3.8, 4) is 0 Å². The SMILES string of the molecule is O=C1CCc2cc(NC3CCN(c4ccc(Cl)cc4Cl)C3=O)ccc2N1. The van der Waals surface area contributed by atoms with E-state index < -0.39 is 0 Å². The predicted molar refractivity (Wildman–Crippen MR) is 104 cm³/mol. The molecule has 7 heteroatoms. The summed E-state index contributed by atoms with van der Waals surface area (Å²) in [5.41, 5.74) is 3.48. The zero-order chi connectivity index (χ0) is 18.3. The maximum atomic E-state index is 12.8. The summed E-state index contributed by atoms with van der Waals surface area (Å²) >= 11 is 12.2. The Kier molecular flexibility index (Phi) is 4.51. The summed E-state index contributed by atoms with van der Waals surface area (Å²) in [4.78, 5) is 25.9. The fourth-order valence-electron chi connectivity index (χ4n) is 3.43. The van der Waals surface area contributed by atoms with Gasteiger partial charge in [-0.15, -0.1) is 0 Å². The summed E-state index contributed by atoms with van der Waals surface area (Å²) in [7, 11) is 0. The first-order valence-electron chi connectivity index (χ1n) is 8.47. The summed E-state index contributed by atoms with van der Waals surface area (Å²) in [6.07, 6.45) is 1.88. The molecule has 1 unspecified atom stereocenters. The molecule has 2 amide bonds. The molecule has 2 aliphatic heterocycles. The van der Waals surface area contributed by atoms with E-state index in [1.807, 2.05) is 18.2 Å². The summed E-state index contributed by atoms with van der Waals surface area (Å²) in [6, 6.07) is 10.6. The number of benzene rings is 2. The highest BCUT2D eigenvalue weighted by Gasteiger charge is 2.33. The standard InChI is InChI=1S/C19H17Cl2N3O2/c20-12-2-5-17(14(21)10-12)24-8-7-16(19(24)26)22-13-3-4-15-11(9-13)1-6-18(25)23-15/h2-5,9-10,16,22H,1,6-8H2,(H,23,25). The lowest BCUT2D eigenvalue weighted by Gasteiger charge is -2.21. The molecule has 0 spiro atoms. The molecule has 0 saturated carbocycles. The van der Waals surface area contributed by atoms with Crippen LogP contribution in [0.15, 0.2) is 36.4 Å². The van der Waals surface area contributed by atoms with Gasteiger partial charge in [-0.3, -0.25) is 9.59 Å². The second-order valence-corrected chi connectivity index (χ2v) is 7.33. The van der Waals surface area contributed by atoms with Gasteiger partial charge in [-0.2, -0.15) is 0 Å². The van der Waals surface area contributed by atoms with Crippen molar-refractivity contribution in [2.75, 3.05) is 22.1 Å². The number of hydrogen-bond donors (Lipinski definition) is 2. The van der Waals surface area contributed by atoms with Crippen LogP contribution < -0.4 is 15.5 Å². The lowest BCUT2D eigenvalue weighted by Crippen LogP contribution is -2.33. The summed E-state index contributed by atoms with van der Waals surface area (Å²) in [6.45, 7) is 0.596. The molecule has 4 rings (SSSR count). The minimum atomic E-state index is -0.307. The number of carbonyl (C=O) groups is 2. The Morgan fingerprint density at radius 2 is 1.92 bits per heavy atom. The van der Waals surface area contributed by atoms with E-state index in [0.717, 1.165) is 16.9 Å². The topological polar surface area (TPSA) is 61.4 Å². The largest absolute Gasteiger partial charge is 0.374 e. The molecule has 2 aromatic carbocycles. The van der Waals surface area contributed by atoms with Crippen LogP contribution in [0, 0.1) is 0 Å². The van der Waals surface area contributed by atoms with Crippen LogP contribution in [0.5, 0.6) is 0 Å². The van der Waals surface area contributed by atoms with E-state index in [4.69, 9.17) is 23.2 Å². The molecule has 2 N–H and O–H groups in total. The minimum absolute atomic E-state index is 0.0137. The predicted octanol–water partition coefficient (Wildman–Crippen LogP) is 4.10. The molecule has 0 aliphatic carbocycles. The summed E-state index contributed by atoms with van der Waals surface area (Å²) < 4.78 is 0. The van der Waals surface area contributed by atoms with Crippen molar-refractivity contribution in [3.05, 3.63) is 52.0 Å². The highest BCUT2D eigenvalue weighted by molar-refractivity contribution is 6.36. The zero-order valence-corrected chi connectivity index (χ0v) is 15.4. The summed E-state index contributed by atoms with van der Waals surface area (Å²) in [5, 5.41) is 7.18. The Labute approximate surface area is 161 Å². The Morgan fingerprint density at radius 3 is 2.73 bits per heavy atom. The van der Waals surface area contributed by atoms with Gasteiger partial charge in [-0.05, 0) is 54.8 Å². The first-order chi connectivity index (χ1) is 12.5. The molecule has 0 radical (unpaired) electrons. The minimum Gasteiger partial charge on any atom is -0.374 e. The fraction of sp³-hybridized carbons (Fsp3) is 0.263. The first kappa shape index (κ1) is 17.2. The number of nitrogens with zero attached hydrogens (tertiary/aromatic N) is 1. The Hall–Kier alpha value is -2.24. The number of nitrogens with one attached hydrogen (secondary N) is 2. The molecule has 134 valence electrons. The van der Waals surface area contributed by atoms with Gasteiger partial charge in [-0.25, -0.2) is 0 Å². The van der Waals surface area contributed by atoms with Crippen molar-refractivity contribution in [1.29, 1.82) is 0 Å². The molecule has 1 fully saturated rings. The van der Waals surface area contributed by atoms with Gasteiger partial charge in [0.05, 0.1) is 10.7 Å². The Morgan fingerprint density at radius 1 is 1.08 bits per heavy atom. The third-order valence-electron chi connectivity index (χ3n) is 4.75. The van der Waals surface area contributed by atoms with E-state index in [-0.39, 0.29) is 17.9 Å². The highest BCUT2D eigenvalue weighted by atomic mass is 35.5. The van der Waals surface area contributed by atoms with Crippen LogP contribution in [-0.4, -0.2) is 24.4 Å². The lowest BCUT2D eigenvalue weighted by molar-refractivity contribution is -0.118. The number of anilines is 3. The molecule has 1 atom stereocenters. The number of rotatable bonds is 3. The van der Waals surface area contributed by atoms with Crippen LogP contribution in [0.3, 0.4) is 0 Å². The van der Waals surface area contributed by atoms with Gasteiger partial charge in [0.25, 0.3) is 0 Å². The van der Waals surface area contributed by atoms with Crippen LogP contribution in [0.2, 0.25) is 10.0 Å². The summed E-state index contributed by atoms with van der Waals surface area (Å²) in [5.74, 6) is 0.0277. The molecular formula is C19H17Cl2N3O2. The van der Waals surface area contributed by atoms with Crippen molar-refractivity contribution >= 4 is 52.1 Å². The van der Waals surface area contributed by atoms with Crippen LogP contribution in [-0.2, 0) is 16.0 Å². The normalized spacial score (nSPS) is 19.3.